The first-order valence-corrected chi connectivity index (χ1v) is 8.22. The van der Waals surface area contributed by atoms with Crippen molar-refractivity contribution in [1.29, 1.82) is 0 Å². The van der Waals surface area contributed by atoms with Crippen molar-refractivity contribution in [2.45, 2.75) is 6.10 Å². The van der Waals surface area contributed by atoms with Gasteiger partial charge in [-0.3, -0.25) is 9.78 Å². The molecule has 1 atom stereocenters. The molecule has 1 fully saturated rings. The van der Waals surface area contributed by atoms with Crippen molar-refractivity contribution in [3.05, 3.63) is 60.2 Å². The maximum Gasteiger partial charge on any atom is 0.334 e. The predicted molar refractivity (Wildman–Crippen MR) is 93.7 cm³/mol. The first-order chi connectivity index (χ1) is 13.0. The van der Waals surface area contributed by atoms with Gasteiger partial charge >= 0.3 is 5.97 Å². The molecule has 0 radical (unpaired) electrons. The van der Waals surface area contributed by atoms with Crippen LogP contribution in [0.25, 0.3) is 6.08 Å². The van der Waals surface area contributed by atoms with Crippen LogP contribution in [0.1, 0.15) is 5.56 Å². The van der Waals surface area contributed by atoms with Crippen LogP contribution in [0.2, 0.25) is 0 Å². The molecule has 8 heteroatoms. The molecule has 1 amide bonds. The lowest BCUT2D eigenvalue weighted by atomic mass is 10.2. The SMILES string of the molecule is O=C(O)[C@@H]1CN(C(=O)/C=C/c2ccc(Oc3cccnc3)c(F)c2)CCO1. The summed E-state index contributed by atoms with van der Waals surface area (Å²) in [5.74, 6) is -1.59. The Bertz CT molecular complexity index is 856. The number of benzene rings is 1. The van der Waals surface area contributed by atoms with Gasteiger partial charge in [0.25, 0.3) is 0 Å². The number of hydrogen-bond acceptors (Lipinski definition) is 5. The minimum absolute atomic E-state index is 0.0231. The van der Waals surface area contributed by atoms with Gasteiger partial charge in [0.1, 0.15) is 5.75 Å². The number of morpholine rings is 1. The minimum Gasteiger partial charge on any atom is -0.479 e. The summed E-state index contributed by atoms with van der Waals surface area (Å²) in [5, 5.41) is 8.97. The Hall–Kier alpha value is -3.26. The van der Waals surface area contributed by atoms with E-state index >= 15 is 0 Å². The average molecular weight is 372 g/mol. The maximum atomic E-state index is 14.2. The summed E-state index contributed by atoms with van der Waals surface area (Å²) in [7, 11) is 0. The van der Waals surface area contributed by atoms with E-state index in [2.05, 4.69) is 4.98 Å². The summed E-state index contributed by atoms with van der Waals surface area (Å²) in [6.07, 6.45) is 4.77. The molecule has 27 heavy (non-hydrogen) atoms. The summed E-state index contributed by atoms with van der Waals surface area (Å²) in [4.78, 5) is 28.4. The molecule has 0 aliphatic carbocycles. The third-order valence-corrected chi connectivity index (χ3v) is 3.89. The predicted octanol–water partition coefficient (Wildman–Crippen LogP) is 2.34. The van der Waals surface area contributed by atoms with E-state index < -0.39 is 17.9 Å². The van der Waals surface area contributed by atoms with Gasteiger partial charge in [0, 0.05) is 18.8 Å². The Morgan fingerprint density at radius 1 is 1.37 bits per heavy atom. The molecule has 0 spiro atoms. The third-order valence-electron chi connectivity index (χ3n) is 3.89. The molecule has 1 aromatic heterocycles. The number of ether oxygens (including phenoxy) is 2. The van der Waals surface area contributed by atoms with Gasteiger partial charge in [0.15, 0.2) is 17.7 Å². The van der Waals surface area contributed by atoms with Gasteiger partial charge in [-0.2, -0.15) is 0 Å². The maximum absolute atomic E-state index is 14.2. The molecule has 1 N–H and O–H groups in total. The average Bonchev–Trinajstić information content (AvgIpc) is 2.69. The first kappa shape index (κ1) is 18.5. The largest absolute Gasteiger partial charge is 0.479 e. The standard InChI is InChI=1S/C19H17FN2O5/c20-15-10-13(3-5-16(15)27-14-2-1-7-21-11-14)4-6-18(23)22-8-9-26-17(12-22)19(24)25/h1-7,10-11,17H,8-9,12H2,(H,24,25)/b6-4+/t17-/m0/s1. The number of amides is 1. The molecule has 0 bridgehead atoms. The highest BCUT2D eigenvalue weighted by Gasteiger charge is 2.27. The molecule has 1 aliphatic rings. The topological polar surface area (TPSA) is 89.0 Å². The monoisotopic (exact) mass is 372 g/mol. The van der Waals surface area contributed by atoms with Crippen molar-refractivity contribution in [2.24, 2.45) is 0 Å². The van der Waals surface area contributed by atoms with Gasteiger partial charge in [-0.1, -0.05) is 6.07 Å². The van der Waals surface area contributed by atoms with Crippen LogP contribution in [0.3, 0.4) is 0 Å². The van der Waals surface area contributed by atoms with Crippen LogP contribution in [0.5, 0.6) is 11.5 Å². The molecule has 2 heterocycles. The van der Waals surface area contributed by atoms with Crippen LogP contribution in [0.4, 0.5) is 4.39 Å². The van der Waals surface area contributed by atoms with E-state index in [-0.39, 0.29) is 24.8 Å². The van der Waals surface area contributed by atoms with Gasteiger partial charge in [0.05, 0.1) is 19.3 Å². The number of halogens is 1. The van der Waals surface area contributed by atoms with Gasteiger partial charge in [-0.25, -0.2) is 9.18 Å². The third kappa shape index (κ3) is 4.89. The molecule has 140 valence electrons. The van der Waals surface area contributed by atoms with E-state index in [1.54, 1.807) is 24.4 Å². The van der Waals surface area contributed by atoms with E-state index in [4.69, 9.17) is 14.6 Å². The van der Waals surface area contributed by atoms with Crippen LogP contribution >= 0.6 is 0 Å². The van der Waals surface area contributed by atoms with E-state index in [0.29, 0.717) is 17.9 Å². The summed E-state index contributed by atoms with van der Waals surface area (Å²) in [6, 6.07) is 7.65. The molecule has 7 nitrogen and oxygen atoms in total. The lowest BCUT2D eigenvalue weighted by Crippen LogP contribution is -2.48. The second-order valence-electron chi connectivity index (χ2n) is 5.80. The second kappa shape index (κ2) is 8.41. The van der Waals surface area contributed by atoms with Crippen molar-refractivity contribution in [2.75, 3.05) is 19.7 Å². The van der Waals surface area contributed by atoms with Crippen LogP contribution in [0, 0.1) is 5.82 Å². The fourth-order valence-corrected chi connectivity index (χ4v) is 2.51. The van der Waals surface area contributed by atoms with Crippen molar-refractivity contribution in [3.8, 4) is 11.5 Å². The Balaban J connectivity index is 1.64. The number of carbonyl (C=O) groups excluding carboxylic acids is 1. The van der Waals surface area contributed by atoms with E-state index in [1.165, 1.54) is 35.4 Å². The molecule has 0 saturated carbocycles. The molecule has 1 saturated heterocycles. The first-order valence-electron chi connectivity index (χ1n) is 8.22. The molecule has 1 aromatic carbocycles. The van der Waals surface area contributed by atoms with Gasteiger partial charge in [-0.05, 0) is 35.9 Å². The van der Waals surface area contributed by atoms with Gasteiger partial charge in [0.2, 0.25) is 5.91 Å². The number of rotatable bonds is 5. The van der Waals surface area contributed by atoms with E-state index in [0.717, 1.165) is 0 Å². The molecular weight excluding hydrogens is 355 g/mol. The molecule has 0 unspecified atom stereocenters. The van der Waals surface area contributed by atoms with E-state index in [1.807, 2.05) is 0 Å². The van der Waals surface area contributed by atoms with Crippen molar-refractivity contribution < 1.29 is 28.6 Å². The lowest BCUT2D eigenvalue weighted by molar-refractivity contribution is -0.158. The highest BCUT2D eigenvalue weighted by atomic mass is 19.1. The normalized spacial score (nSPS) is 17.1. The number of nitrogens with zero attached hydrogens (tertiary/aromatic N) is 2. The summed E-state index contributed by atoms with van der Waals surface area (Å²) < 4.78 is 24.7. The summed E-state index contributed by atoms with van der Waals surface area (Å²) >= 11 is 0. The zero-order valence-electron chi connectivity index (χ0n) is 14.2. The van der Waals surface area contributed by atoms with E-state index in [9.17, 15) is 14.0 Å². The summed E-state index contributed by atoms with van der Waals surface area (Å²) in [5.41, 5.74) is 0.474. The van der Waals surface area contributed by atoms with Crippen LogP contribution < -0.4 is 4.74 Å². The van der Waals surface area contributed by atoms with Crippen LogP contribution in [-0.2, 0) is 14.3 Å². The smallest absolute Gasteiger partial charge is 0.334 e. The molecule has 1 aliphatic heterocycles. The number of aliphatic carboxylic acids is 1. The highest BCUT2D eigenvalue weighted by molar-refractivity contribution is 5.92. The number of aromatic nitrogens is 1. The number of carboxylic acid groups (broad SMARTS) is 1. The Morgan fingerprint density at radius 2 is 2.22 bits per heavy atom. The Labute approximate surface area is 154 Å². The number of carboxylic acids is 1. The quantitative estimate of drug-likeness (QED) is 0.811. The van der Waals surface area contributed by atoms with Crippen LogP contribution in [0.15, 0.2) is 48.8 Å². The lowest BCUT2D eigenvalue weighted by Gasteiger charge is -2.30. The zero-order valence-corrected chi connectivity index (χ0v) is 14.2. The molecule has 2 aromatic rings. The highest BCUT2D eigenvalue weighted by Crippen LogP contribution is 2.24. The minimum atomic E-state index is -1.11. The zero-order chi connectivity index (χ0) is 19.2. The second-order valence-corrected chi connectivity index (χ2v) is 5.80. The van der Waals surface area contributed by atoms with Crippen LogP contribution in [-0.4, -0.2) is 52.7 Å². The number of carbonyl (C=O) groups is 2. The number of hydrogen-bond donors (Lipinski definition) is 1. The molecular formula is C19H17FN2O5. The molecule has 3 rings (SSSR count). The van der Waals surface area contributed by atoms with Gasteiger partial charge < -0.3 is 19.5 Å². The van der Waals surface area contributed by atoms with Crippen molar-refractivity contribution in [3.63, 3.8) is 0 Å². The van der Waals surface area contributed by atoms with Crippen molar-refractivity contribution in [1.82, 2.24) is 9.88 Å². The van der Waals surface area contributed by atoms with Gasteiger partial charge in [-0.15, -0.1) is 0 Å². The number of pyridine rings is 1. The fourth-order valence-electron chi connectivity index (χ4n) is 2.51. The Kier molecular flexibility index (Phi) is 5.77. The fraction of sp³-hybridized carbons (Fsp3) is 0.211. The summed E-state index contributed by atoms with van der Waals surface area (Å²) in [6.45, 7) is 0.440. The Morgan fingerprint density at radius 3 is 2.93 bits per heavy atom. The van der Waals surface area contributed by atoms with Crippen molar-refractivity contribution >= 4 is 18.0 Å².